The van der Waals surface area contributed by atoms with Crippen LogP contribution in [0, 0.1) is 18.3 Å². The second-order valence-corrected chi connectivity index (χ2v) is 4.35. The van der Waals surface area contributed by atoms with Crippen molar-refractivity contribution in [2.24, 2.45) is 7.05 Å². The maximum atomic E-state index is 9.23. The summed E-state index contributed by atoms with van der Waals surface area (Å²) < 4.78 is 1.80. The van der Waals surface area contributed by atoms with Crippen LogP contribution in [0.2, 0.25) is 0 Å². The smallest absolute Gasteiger partial charge is 0.124 e. The predicted octanol–water partition coefficient (Wildman–Crippen LogP) is 1.22. The first-order valence-corrected chi connectivity index (χ1v) is 6.47. The van der Waals surface area contributed by atoms with Crippen LogP contribution in [0.4, 0.5) is 0 Å². The van der Waals surface area contributed by atoms with Crippen LogP contribution >= 0.6 is 0 Å². The van der Waals surface area contributed by atoms with Crippen LogP contribution < -0.4 is 5.32 Å². The number of rotatable bonds is 7. The lowest BCUT2D eigenvalue weighted by Gasteiger charge is -2.19. The summed E-state index contributed by atoms with van der Waals surface area (Å²) in [5.41, 5.74) is 2.01. The third-order valence-electron chi connectivity index (χ3n) is 3.38. The standard InChI is InChI=1S/C13H23N5/c1-5-18(6-2)8-7-15-13(9-14)12-10-16-17(4)11(12)3/h10,13,15H,5-8H2,1-4H3. The summed E-state index contributed by atoms with van der Waals surface area (Å²) in [5.74, 6) is 0. The Hall–Kier alpha value is -1.38. The van der Waals surface area contributed by atoms with E-state index in [2.05, 4.69) is 35.2 Å². The molecule has 1 aromatic heterocycles. The molecule has 0 radical (unpaired) electrons. The van der Waals surface area contributed by atoms with E-state index in [1.165, 1.54) is 0 Å². The Morgan fingerprint density at radius 1 is 1.50 bits per heavy atom. The third kappa shape index (κ3) is 3.56. The second-order valence-electron chi connectivity index (χ2n) is 4.35. The molecule has 0 amide bonds. The van der Waals surface area contributed by atoms with Crippen molar-refractivity contribution >= 4 is 0 Å². The van der Waals surface area contributed by atoms with Gasteiger partial charge in [-0.1, -0.05) is 13.8 Å². The van der Waals surface area contributed by atoms with Gasteiger partial charge in [0.2, 0.25) is 0 Å². The fourth-order valence-electron chi connectivity index (χ4n) is 1.93. The predicted molar refractivity (Wildman–Crippen MR) is 72.1 cm³/mol. The quantitative estimate of drug-likeness (QED) is 0.789. The molecule has 0 bridgehead atoms. The van der Waals surface area contributed by atoms with Gasteiger partial charge < -0.3 is 4.90 Å². The lowest BCUT2D eigenvalue weighted by molar-refractivity contribution is 0.300. The maximum absolute atomic E-state index is 9.23. The molecule has 0 aliphatic rings. The van der Waals surface area contributed by atoms with E-state index in [1.807, 2.05) is 14.0 Å². The number of nitrogens with one attached hydrogen (secondary N) is 1. The maximum Gasteiger partial charge on any atom is 0.124 e. The fraction of sp³-hybridized carbons (Fsp3) is 0.692. The van der Waals surface area contributed by atoms with Crippen molar-refractivity contribution in [3.05, 3.63) is 17.5 Å². The van der Waals surface area contributed by atoms with Crippen molar-refractivity contribution in [2.75, 3.05) is 26.2 Å². The van der Waals surface area contributed by atoms with Crippen LogP contribution in [0.1, 0.15) is 31.1 Å². The first-order valence-electron chi connectivity index (χ1n) is 6.47. The molecule has 5 heteroatoms. The first-order chi connectivity index (χ1) is 8.63. The zero-order chi connectivity index (χ0) is 13.5. The van der Waals surface area contributed by atoms with Crippen LogP contribution in [-0.2, 0) is 7.05 Å². The lowest BCUT2D eigenvalue weighted by atomic mass is 10.1. The molecule has 5 nitrogen and oxygen atoms in total. The van der Waals surface area contributed by atoms with E-state index in [9.17, 15) is 5.26 Å². The van der Waals surface area contributed by atoms with Crippen molar-refractivity contribution in [1.29, 1.82) is 5.26 Å². The van der Waals surface area contributed by atoms with Crippen LogP contribution in [0.5, 0.6) is 0 Å². The van der Waals surface area contributed by atoms with Crippen LogP contribution in [-0.4, -0.2) is 40.9 Å². The van der Waals surface area contributed by atoms with Gasteiger partial charge in [-0.25, -0.2) is 0 Å². The number of aryl methyl sites for hydroxylation is 1. The average Bonchev–Trinajstić information content (AvgIpc) is 2.71. The summed E-state index contributed by atoms with van der Waals surface area (Å²) >= 11 is 0. The summed E-state index contributed by atoms with van der Waals surface area (Å²) in [4.78, 5) is 2.33. The minimum atomic E-state index is -0.269. The van der Waals surface area contributed by atoms with Gasteiger partial charge in [-0.3, -0.25) is 10.00 Å². The molecule has 1 aromatic rings. The Morgan fingerprint density at radius 2 is 2.17 bits per heavy atom. The van der Waals surface area contributed by atoms with E-state index in [0.29, 0.717) is 0 Å². The fourth-order valence-corrected chi connectivity index (χ4v) is 1.93. The number of hydrogen-bond donors (Lipinski definition) is 1. The summed E-state index contributed by atoms with van der Waals surface area (Å²) in [5, 5.41) is 16.7. The van der Waals surface area contributed by atoms with Gasteiger partial charge in [0.05, 0.1) is 12.3 Å². The van der Waals surface area contributed by atoms with Gasteiger partial charge in [-0.05, 0) is 20.0 Å². The molecule has 1 atom stereocenters. The Morgan fingerprint density at radius 3 is 2.61 bits per heavy atom. The molecule has 0 fully saturated rings. The van der Waals surface area contributed by atoms with E-state index in [1.54, 1.807) is 10.9 Å². The topological polar surface area (TPSA) is 56.9 Å². The molecule has 0 aliphatic carbocycles. The highest BCUT2D eigenvalue weighted by molar-refractivity contribution is 5.25. The highest BCUT2D eigenvalue weighted by Crippen LogP contribution is 2.15. The number of nitrogens with zero attached hydrogens (tertiary/aromatic N) is 4. The van der Waals surface area contributed by atoms with Gasteiger partial charge in [-0.15, -0.1) is 0 Å². The van der Waals surface area contributed by atoms with Crippen LogP contribution in [0.15, 0.2) is 6.20 Å². The Kier molecular flexibility index (Phi) is 5.83. The van der Waals surface area contributed by atoms with E-state index in [0.717, 1.165) is 37.4 Å². The van der Waals surface area contributed by atoms with Crippen molar-refractivity contribution < 1.29 is 0 Å². The van der Waals surface area contributed by atoms with Crippen LogP contribution in [0.3, 0.4) is 0 Å². The van der Waals surface area contributed by atoms with E-state index >= 15 is 0 Å². The summed E-state index contributed by atoms with van der Waals surface area (Å²) in [6.07, 6.45) is 1.77. The molecule has 0 saturated heterocycles. The zero-order valence-electron chi connectivity index (χ0n) is 11.8. The third-order valence-corrected chi connectivity index (χ3v) is 3.38. The summed E-state index contributed by atoms with van der Waals surface area (Å²) in [6, 6.07) is 2.03. The molecule has 100 valence electrons. The van der Waals surface area contributed by atoms with E-state index < -0.39 is 0 Å². The monoisotopic (exact) mass is 249 g/mol. The molecule has 0 saturated carbocycles. The molecule has 1 heterocycles. The normalized spacial score (nSPS) is 12.7. The largest absolute Gasteiger partial charge is 0.303 e. The molecular weight excluding hydrogens is 226 g/mol. The number of hydrogen-bond acceptors (Lipinski definition) is 4. The van der Waals surface area contributed by atoms with Crippen molar-refractivity contribution in [3.8, 4) is 6.07 Å². The Bertz CT molecular complexity index is 400. The van der Waals surface area contributed by atoms with E-state index in [4.69, 9.17) is 0 Å². The highest BCUT2D eigenvalue weighted by atomic mass is 15.3. The Balaban J connectivity index is 2.54. The van der Waals surface area contributed by atoms with Gasteiger partial charge in [0.25, 0.3) is 0 Å². The van der Waals surface area contributed by atoms with Gasteiger partial charge in [0, 0.05) is 31.4 Å². The van der Waals surface area contributed by atoms with Gasteiger partial charge in [0.15, 0.2) is 0 Å². The molecule has 1 rings (SSSR count). The number of aromatic nitrogens is 2. The summed E-state index contributed by atoms with van der Waals surface area (Å²) in [6.45, 7) is 10.1. The molecule has 18 heavy (non-hydrogen) atoms. The zero-order valence-corrected chi connectivity index (χ0v) is 11.8. The van der Waals surface area contributed by atoms with Crippen LogP contribution in [0.25, 0.3) is 0 Å². The molecule has 0 aromatic carbocycles. The Labute approximate surface area is 109 Å². The molecule has 1 unspecified atom stereocenters. The summed E-state index contributed by atoms with van der Waals surface area (Å²) in [7, 11) is 1.89. The van der Waals surface area contributed by atoms with Gasteiger partial charge in [0.1, 0.15) is 6.04 Å². The molecule has 1 N–H and O–H groups in total. The molecule has 0 aliphatic heterocycles. The van der Waals surface area contributed by atoms with Gasteiger partial charge in [-0.2, -0.15) is 10.4 Å². The van der Waals surface area contributed by atoms with Gasteiger partial charge >= 0.3 is 0 Å². The van der Waals surface area contributed by atoms with Crippen molar-refractivity contribution in [2.45, 2.75) is 26.8 Å². The second kappa shape index (κ2) is 7.14. The SMILES string of the molecule is CCN(CC)CCNC(C#N)c1cnn(C)c1C. The average molecular weight is 249 g/mol. The van der Waals surface area contributed by atoms with Crippen molar-refractivity contribution in [1.82, 2.24) is 20.0 Å². The number of likely N-dealkylation sites (N-methyl/N-ethyl adjacent to an activating group) is 1. The highest BCUT2D eigenvalue weighted by Gasteiger charge is 2.15. The first kappa shape index (κ1) is 14.7. The van der Waals surface area contributed by atoms with Crippen molar-refractivity contribution in [3.63, 3.8) is 0 Å². The minimum Gasteiger partial charge on any atom is -0.303 e. The molecular formula is C13H23N5. The molecule has 0 spiro atoms. The van der Waals surface area contributed by atoms with E-state index in [-0.39, 0.29) is 6.04 Å². The lowest BCUT2D eigenvalue weighted by Crippen LogP contribution is -2.33. The number of nitriles is 1. The minimum absolute atomic E-state index is 0.269.